The first kappa shape index (κ1) is 24.4. The number of carbonyl (C=O) groups excluding carboxylic acids is 1. The van der Waals surface area contributed by atoms with Crippen LogP contribution in [0.3, 0.4) is 0 Å². The number of ether oxygens (including phenoxy) is 1. The summed E-state index contributed by atoms with van der Waals surface area (Å²) in [5.41, 5.74) is 2.56. The number of rotatable bonds is 9. The standard InChI is InChI=1S/C28H28FNO5/c1-28(2)21-15-18(29)10-13-22(21)30(14-6-4-5-7-24(31)32)23(28)16-20-26(33)25(27(20)34)17-8-11-19(35-3)12-9-17/h8-13,15-16H,4-7,14H2,1-3H3,(H-,31,32,33,34). The highest BCUT2D eigenvalue weighted by atomic mass is 19.1. The summed E-state index contributed by atoms with van der Waals surface area (Å²) in [5, 5.41) is 21.9. The number of carboxylic acid groups (broad SMARTS) is 1. The van der Waals surface area contributed by atoms with Crippen molar-refractivity contribution in [3.63, 3.8) is 0 Å². The second-order valence-corrected chi connectivity index (χ2v) is 9.35. The average molecular weight is 478 g/mol. The van der Waals surface area contributed by atoms with Gasteiger partial charge in [0.1, 0.15) is 18.1 Å². The van der Waals surface area contributed by atoms with Crippen LogP contribution in [-0.2, 0) is 15.0 Å². The third kappa shape index (κ3) is 4.50. The van der Waals surface area contributed by atoms with Gasteiger partial charge < -0.3 is 14.9 Å². The lowest BCUT2D eigenvalue weighted by Crippen LogP contribution is -2.33. The third-order valence-electron chi connectivity index (χ3n) is 6.73. The molecule has 0 spiro atoms. The highest BCUT2D eigenvalue weighted by Gasteiger charge is 2.45. The largest absolute Gasteiger partial charge is 0.871 e. The molecule has 2 aliphatic rings. The number of benzene rings is 2. The highest BCUT2D eigenvalue weighted by molar-refractivity contribution is 6.40. The number of ketones is 1. The molecule has 4 rings (SSSR count). The van der Waals surface area contributed by atoms with Gasteiger partial charge in [-0.3, -0.25) is 9.59 Å². The molecule has 0 unspecified atom stereocenters. The topological polar surface area (TPSA) is 89.7 Å². The molecule has 182 valence electrons. The fourth-order valence-electron chi connectivity index (χ4n) is 4.77. The molecule has 0 aromatic heterocycles. The van der Waals surface area contributed by atoms with Crippen molar-refractivity contribution < 1.29 is 33.5 Å². The van der Waals surface area contributed by atoms with Crippen LogP contribution in [-0.4, -0.2) is 40.8 Å². The van der Waals surface area contributed by atoms with Gasteiger partial charge in [0.2, 0.25) is 5.69 Å². The molecule has 2 aromatic rings. The number of nitrogens with zero attached hydrogens (tertiary/aromatic N) is 1. The van der Waals surface area contributed by atoms with Crippen LogP contribution < -0.4 is 9.84 Å². The Balaban J connectivity index is 1.69. The molecule has 0 radical (unpaired) electrons. The zero-order valence-electron chi connectivity index (χ0n) is 20.1. The van der Waals surface area contributed by atoms with Crippen LogP contribution in [0.4, 0.5) is 10.1 Å². The first-order valence-electron chi connectivity index (χ1n) is 11.6. The smallest absolute Gasteiger partial charge is 0.303 e. The van der Waals surface area contributed by atoms with Crippen LogP contribution in [0.25, 0.3) is 5.57 Å². The van der Waals surface area contributed by atoms with Gasteiger partial charge in [-0.2, -0.15) is 4.58 Å². The number of hydrogen-bond donors (Lipinski definition) is 1. The first-order valence-corrected chi connectivity index (χ1v) is 11.6. The first-order chi connectivity index (χ1) is 16.6. The van der Waals surface area contributed by atoms with Crippen LogP contribution in [0.15, 0.2) is 59.9 Å². The summed E-state index contributed by atoms with van der Waals surface area (Å²) < 4.78 is 21.3. The number of carboxylic acids is 1. The molecule has 0 fully saturated rings. The molecule has 35 heavy (non-hydrogen) atoms. The van der Waals surface area contributed by atoms with Gasteiger partial charge >= 0.3 is 5.97 Å². The van der Waals surface area contributed by atoms with Gasteiger partial charge in [0.15, 0.2) is 11.5 Å². The fraction of sp³-hybridized carbons (Fsp3) is 0.321. The molecule has 2 aromatic carbocycles. The number of allylic oxidation sites excluding steroid dienone is 3. The fourth-order valence-corrected chi connectivity index (χ4v) is 4.77. The molecular formula is C28H28FNO5. The minimum Gasteiger partial charge on any atom is -0.871 e. The van der Waals surface area contributed by atoms with E-state index in [2.05, 4.69) is 0 Å². The molecule has 0 atom stereocenters. The SMILES string of the molecule is COc1ccc(C2=C([O-])/C(=C/C3=[N+](CCCCCC(=O)O)c4ccc(F)cc4C3(C)C)C2=O)cc1. The van der Waals surface area contributed by atoms with E-state index in [1.807, 2.05) is 18.4 Å². The summed E-state index contributed by atoms with van der Waals surface area (Å²) in [6, 6.07) is 11.4. The summed E-state index contributed by atoms with van der Waals surface area (Å²) in [5.74, 6) is -1.16. The van der Waals surface area contributed by atoms with E-state index in [0.717, 1.165) is 29.8 Å². The van der Waals surface area contributed by atoms with Crippen molar-refractivity contribution in [3.8, 4) is 5.75 Å². The minimum atomic E-state index is -0.823. The van der Waals surface area contributed by atoms with Gasteiger partial charge in [0, 0.05) is 41.7 Å². The summed E-state index contributed by atoms with van der Waals surface area (Å²) in [4.78, 5) is 23.8. The number of aliphatic carboxylic acids is 1. The average Bonchev–Trinajstić information content (AvgIpc) is 3.03. The third-order valence-corrected chi connectivity index (χ3v) is 6.73. The van der Waals surface area contributed by atoms with Crippen molar-refractivity contribution in [3.05, 3.63) is 76.8 Å². The Hall–Kier alpha value is -3.74. The van der Waals surface area contributed by atoms with E-state index in [1.165, 1.54) is 12.1 Å². The Kier molecular flexibility index (Phi) is 6.61. The highest BCUT2D eigenvalue weighted by Crippen LogP contribution is 2.42. The van der Waals surface area contributed by atoms with Gasteiger partial charge in [-0.1, -0.05) is 17.9 Å². The van der Waals surface area contributed by atoms with Crippen LogP contribution in [0.5, 0.6) is 5.75 Å². The number of methoxy groups -OCH3 is 1. The van der Waals surface area contributed by atoms with E-state index >= 15 is 0 Å². The van der Waals surface area contributed by atoms with E-state index in [-0.39, 0.29) is 34.9 Å². The zero-order valence-corrected chi connectivity index (χ0v) is 20.1. The second-order valence-electron chi connectivity index (χ2n) is 9.35. The molecule has 1 aliphatic carbocycles. The molecule has 1 aliphatic heterocycles. The van der Waals surface area contributed by atoms with Crippen LogP contribution >= 0.6 is 0 Å². The number of halogens is 1. The van der Waals surface area contributed by atoms with Crippen molar-refractivity contribution >= 4 is 28.7 Å². The Morgan fingerprint density at radius 1 is 1.14 bits per heavy atom. The lowest BCUT2D eigenvalue weighted by Gasteiger charge is -2.31. The molecule has 1 heterocycles. The molecule has 7 heteroatoms. The van der Waals surface area contributed by atoms with Crippen LogP contribution in [0.1, 0.15) is 50.7 Å². The van der Waals surface area contributed by atoms with Gasteiger partial charge in [0.05, 0.1) is 12.5 Å². The molecule has 0 saturated heterocycles. The summed E-state index contributed by atoms with van der Waals surface area (Å²) in [7, 11) is 1.55. The predicted molar refractivity (Wildman–Crippen MR) is 128 cm³/mol. The summed E-state index contributed by atoms with van der Waals surface area (Å²) in [6.45, 7) is 4.46. The number of hydrogen-bond acceptors (Lipinski definition) is 4. The normalized spacial score (nSPS) is 17.6. The number of fused-ring (bicyclic) bond motifs is 1. The number of Topliss-reactive ketones (excluding diaryl/α,β-unsaturated/α-hetero) is 1. The van der Waals surface area contributed by atoms with E-state index < -0.39 is 11.4 Å². The molecule has 1 N–H and O–H groups in total. The minimum absolute atomic E-state index is 0.112. The van der Waals surface area contributed by atoms with E-state index in [0.29, 0.717) is 24.3 Å². The lowest BCUT2D eigenvalue weighted by atomic mass is 9.77. The quantitative estimate of drug-likeness (QED) is 0.333. The van der Waals surface area contributed by atoms with Crippen molar-refractivity contribution in [1.29, 1.82) is 0 Å². The summed E-state index contributed by atoms with van der Waals surface area (Å²) in [6.07, 6.45) is 3.76. The molecule has 0 bridgehead atoms. The van der Waals surface area contributed by atoms with Crippen molar-refractivity contribution in [2.24, 2.45) is 0 Å². The Bertz CT molecular complexity index is 1280. The maximum absolute atomic E-state index is 14.1. The maximum atomic E-state index is 14.1. The molecular weight excluding hydrogens is 449 g/mol. The van der Waals surface area contributed by atoms with Crippen LogP contribution in [0, 0.1) is 5.82 Å². The van der Waals surface area contributed by atoms with Crippen molar-refractivity contribution in [2.45, 2.75) is 44.9 Å². The second kappa shape index (κ2) is 9.49. The Labute approximate surface area is 203 Å². The van der Waals surface area contributed by atoms with Crippen molar-refractivity contribution in [1.82, 2.24) is 0 Å². The van der Waals surface area contributed by atoms with Gasteiger partial charge in [-0.15, -0.1) is 0 Å². The zero-order chi connectivity index (χ0) is 25.3. The molecule has 0 saturated carbocycles. The van der Waals surface area contributed by atoms with Crippen LogP contribution in [0.2, 0.25) is 0 Å². The number of unbranched alkanes of at least 4 members (excludes halogenated alkanes) is 2. The van der Waals surface area contributed by atoms with Gasteiger partial charge in [-0.05, 0) is 56.5 Å². The summed E-state index contributed by atoms with van der Waals surface area (Å²) >= 11 is 0. The molecule has 6 nitrogen and oxygen atoms in total. The Morgan fingerprint density at radius 2 is 1.86 bits per heavy atom. The van der Waals surface area contributed by atoms with Gasteiger partial charge in [-0.25, -0.2) is 4.39 Å². The van der Waals surface area contributed by atoms with Gasteiger partial charge in [0.25, 0.3) is 0 Å². The van der Waals surface area contributed by atoms with E-state index in [4.69, 9.17) is 9.84 Å². The van der Waals surface area contributed by atoms with E-state index in [9.17, 15) is 19.1 Å². The predicted octanol–water partition coefficient (Wildman–Crippen LogP) is 4.14. The number of carbonyl (C=O) groups is 2. The van der Waals surface area contributed by atoms with Crippen molar-refractivity contribution in [2.75, 3.05) is 13.7 Å². The monoisotopic (exact) mass is 477 g/mol. The molecule has 0 amide bonds. The Morgan fingerprint density at radius 3 is 2.49 bits per heavy atom. The van der Waals surface area contributed by atoms with E-state index in [1.54, 1.807) is 43.5 Å². The maximum Gasteiger partial charge on any atom is 0.303 e. The lowest BCUT2D eigenvalue weighted by molar-refractivity contribution is -0.438.